The highest BCUT2D eigenvalue weighted by atomic mass is 16.5. The Labute approximate surface area is 211 Å². The summed E-state index contributed by atoms with van der Waals surface area (Å²) in [5.74, 6) is 2.48. The van der Waals surface area contributed by atoms with Gasteiger partial charge in [0.25, 0.3) is 0 Å². The molecule has 0 aromatic carbocycles. The predicted octanol–water partition coefficient (Wildman–Crippen LogP) is 8.74. The third-order valence-corrected chi connectivity index (χ3v) is 12.5. The van der Waals surface area contributed by atoms with Gasteiger partial charge in [-0.05, 0) is 111 Å². The maximum absolute atomic E-state index is 6.13. The van der Waals surface area contributed by atoms with Gasteiger partial charge in [-0.1, -0.05) is 66.0 Å². The van der Waals surface area contributed by atoms with Crippen LogP contribution in [0.4, 0.5) is 0 Å². The van der Waals surface area contributed by atoms with Crippen molar-refractivity contribution >= 4 is 0 Å². The molecule has 0 aromatic rings. The lowest BCUT2D eigenvalue weighted by atomic mass is 9.46. The van der Waals surface area contributed by atoms with Gasteiger partial charge >= 0.3 is 0 Å². The van der Waals surface area contributed by atoms with Crippen LogP contribution in [0.15, 0.2) is 11.6 Å². The van der Waals surface area contributed by atoms with Crippen LogP contribution in [0.25, 0.3) is 0 Å². The van der Waals surface area contributed by atoms with Gasteiger partial charge in [0, 0.05) is 13.2 Å². The molecule has 6 rings (SSSR count). The molecule has 0 aromatic heterocycles. The lowest BCUT2D eigenvalue weighted by Gasteiger charge is -2.60. The van der Waals surface area contributed by atoms with Gasteiger partial charge in [0.05, 0.1) is 11.2 Å². The van der Waals surface area contributed by atoms with Crippen molar-refractivity contribution in [2.24, 2.45) is 39.4 Å². The monoisotopic (exact) mass is 470 g/mol. The van der Waals surface area contributed by atoms with E-state index in [9.17, 15) is 0 Å². The molecule has 4 aliphatic carbocycles. The maximum atomic E-state index is 6.13. The first-order valence-electron chi connectivity index (χ1n) is 14.8. The van der Waals surface area contributed by atoms with Crippen LogP contribution in [-0.4, -0.2) is 24.4 Å². The third kappa shape index (κ3) is 3.70. The van der Waals surface area contributed by atoms with Gasteiger partial charge in [-0.3, -0.25) is 0 Å². The Bertz CT molecular complexity index is 821. The van der Waals surface area contributed by atoms with E-state index in [0.29, 0.717) is 21.7 Å². The molecule has 0 spiro atoms. The highest BCUT2D eigenvalue weighted by Crippen LogP contribution is 2.65. The van der Waals surface area contributed by atoms with E-state index in [1.807, 2.05) is 0 Å². The van der Waals surface area contributed by atoms with Gasteiger partial charge in [-0.25, -0.2) is 0 Å². The summed E-state index contributed by atoms with van der Waals surface area (Å²) in [7, 11) is 0. The fraction of sp³-hybridized carbons (Fsp3) is 0.938. The molecule has 6 aliphatic rings. The van der Waals surface area contributed by atoms with Crippen LogP contribution >= 0.6 is 0 Å². The molecule has 2 heteroatoms. The molecule has 0 bridgehead atoms. The molecular formula is C32H54O2. The normalized spacial score (nSPS) is 50.6. The van der Waals surface area contributed by atoms with Crippen molar-refractivity contribution in [3.8, 4) is 0 Å². The molecule has 0 unspecified atom stereocenters. The van der Waals surface area contributed by atoms with E-state index >= 15 is 0 Å². The minimum atomic E-state index is 0.131. The lowest BCUT2D eigenvalue weighted by Crippen LogP contribution is -2.55. The van der Waals surface area contributed by atoms with E-state index < -0.39 is 0 Å². The molecule has 2 aliphatic heterocycles. The third-order valence-electron chi connectivity index (χ3n) is 12.5. The summed E-state index contributed by atoms with van der Waals surface area (Å²) in [4.78, 5) is 0. The highest BCUT2D eigenvalue weighted by Gasteiger charge is 2.60. The zero-order valence-corrected chi connectivity index (χ0v) is 23.8. The summed E-state index contributed by atoms with van der Waals surface area (Å²) in [5.41, 5.74) is 4.00. The van der Waals surface area contributed by atoms with Gasteiger partial charge in [0.2, 0.25) is 0 Å². The molecule has 194 valence electrons. The first-order valence-corrected chi connectivity index (χ1v) is 14.8. The second-order valence-corrected chi connectivity index (χ2v) is 15.4. The van der Waals surface area contributed by atoms with Crippen LogP contribution in [-0.2, 0) is 9.47 Å². The van der Waals surface area contributed by atoms with Crippen molar-refractivity contribution in [3.63, 3.8) is 0 Å². The molecule has 0 N–H and O–H groups in total. The molecule has 5 fully saturated rings. The zero-order chi connectivity index (χ0) is 24.6. The van der Waals surface area contributed by atoms with Crippen LogP contribution < -0.4 is 0 Å². The van der Waals surface area contributed by atoms with Gasteiger partial charge < -0.3 is 9.47 Å². The lowest BCUT2D eigenvalue weighted by molar-refractivity contribution is -0.147. The number of fused-ring (bicyclic) bond motifs is 6. The quantitative estimate of drug-likeness (QED) is 0.329. The van der Waals surface area contributed by atoms with Crippen molar-refractivity contribution in [2.45, 2.75) is 137 Å². The van der Waals surface area contributed by atoms with Gasteiger partial charge in [-0.2, -0.15) is 0 Å². The van der Waals surface area contributed by atoms with E-state index in [0.717, 1.165) is 37.4 Å². The van der Waals surface area contributed by atoms with Crippen molar-refractivity contribution in [3.05, 3.63) is 11.6 Å². The predicted molar refractivity (Wildman–Crippen MR) is 142 cm³/mol. The van der Waals surface area contributed by atoms with Crippen LogP contribution in [0.5, 0.6) is 0 Å². The average molecular weight is 471 g/mol. The van der Waals surface area contributed by atoms with Crippen LogP contribution in [0.2, 0.25) is 0 Å². The Morgan fingerprint density at radius 1 is 0.647 bits per heavy atom. The summed E-state index contributed by atoms with van der Waals surface area (Å²) < 4.78 is 12.2. The summed E-state index contributed by atoms with van der Waals surface area (Å²) >= 11 is 0. The fourth-order valence-corrected chi connectivity index (χ4v) is 10.9. The number of hydrogen-bond acceptors (Lipinski definition) is 2. The van der Waals surface area contributed by atoms with E-state index in [-0.39, 0.29) is 11.2 Å². The first-order chi connectivity index (χ1) is 15.8. The number of ether oxygens (including phenoxy) is 2. The zero-order valence-electron chi connectivity index (χ0n) is 23.8. The number of allylic oxidation sites excluding steroid dienone is 1. The molecule has 2 saturated heterocycles. The highest BCUT2D eigenvalue weighted by molar-refractivity contribution is 5.31. The van der Waals surface area contributed by atoms with Crippen LogP contribution in [0, 0.1) is 39.4 Å². The molecule has 2 heterocycles. The maximum Gasteiger partial charge on any atom is 0.0726 e. The Balaban J connectivity index is 0.000000142. The molecule has 0 radical (unpaired) electrons. The summed E-state index contributed by atoms with van der Waals surface area (Å²) in [6, 6.07) is 0. The first kappa shape index (κ1) is 25.3. The second kappa shape index (κ2) is 8.08. The molecule has 34 heavy (non-hydrogen) atoms. The molecule has 2 nitrogen and oxygen atoms in total. The van der Waals surface area contributed by atoms with E-state index in [1.165, 1.54) is 64.2 Å². The fourth-order valence-electron chi connectivity index (χ4n) is 10.9. The topological polar surface area (TPSA) is 18.5 Å². The molecule has 7 atom stereocenters. The molecule has 3 saturated carbocycles. The van der Waals surface area contributed by atoms with E-state index in [1.54, 1.807) is 5.57 Å². The number of hydrogen-bond donors (Lipinski definition) is 0. The average Bonchev–Trinajstić information content (AvgIpc) is 3.31. The Kier molecular flexibility index (Phi) is 6.01. The van der Waals surface area contributed by atoms with Gasteiger partial charge in [0.1, 0.15) is 0 Å². The number of rotatable bonds is 0. The molecular weight excluding hydrogens is 416 g/mol. The van der Waals surface area contributed by atoms with Crippen molar-refractivity contribution in [1.82, 2.24) is 0 Å². The summed E-state index contributed by atoms with van der Waals surface area (Å²) in [5, 5.41) is 0. The Hall–Kier alpha value is -0.340. The Morgan fingerprint density at radius 3 is 2.03 bits per heavy atom. The SMILES string of the molecule is CC1(C)CCC[C@@]2(C)C1=CC[C@@]1(C)OCC[C@@H]12.CC1(C)CCC[C@]2(C)[C@H]3CCO[C@]3(C)CC[C@@H]12. The summed E-state index contributed by atoms with van der Waals surface area (Å²) in [6.07, 6.45) is 17.3. The largest absolute Gasteiger partial charge is 0.375 e. The summed E-state index contributed by atoms with van der Waals surface area (Å²) in [6.45, 7) is 21.7. The van der Waals surface area contributed by atoms with E-state index in [2.05, 4.69) is 61.5 Å². The van der Waals surface area contributed by atoms with Gasteiger partial charge in [0.15, 0.2) is 0 Å². The minimum absolute atomic E-state index is 0.131. The standard InChI is InChI=1S/C16H28O.C16H26O/c2*1-14(2)8-5-9-15(3)12(14)6-10-16(4)13(15)7-11-17-16/h12-13H,5-11H2,1-4H3;6,13H,5,7-11H2,1-4H3/t12-,13+,15-,16+;13-,15+,16-/m01/s1. The Morgan fingerprint density at radius 2 is 1.29 bits per heavy atom. The second-order valence-electron chi connectivity index (χ2n) is 15.4. The van der Waals surface area contributed by atoms with Crippen molar-refractivity contribution < 1.29 is 9.47 Å². The van der Waals surface area contributed by atoms with Crippen LogP contribution in [0.3, 0.4) is 0 Å². The van der Waals surface area contributed by atoms with Crippen molar-refractivity contribution in [2.75, 3.05) is 13.2 Å². The molecule has 0 amide bonds. The van der Waals surface area contributed by atoms with Crippen LogP contribution in [0.1, 0.15) is 126 Å². The van der Waals surface area contributed by atoms with Gasteiger partial charge in [-0.15, -0.1) is 0 Å². The minimum Gasteiger partial charge on any atom is -0.375 e. The van der Waals surface area contributed by atoms with E-state index in [4.69, 9.17) is 9.47 Å². The smallest absolute Gasteiger partial charge is 0.0726 e. The van der Waals surface area contributed by atoms with Crippen molar-refractivity contribution in [1.29, 1.82) is 0 Å².